The Morgan fingerprint density at radius 2 is 2.17 bits per heavy atom. The van der Waals surface area contributed by atoms with Crippen LogP contribution in [-0.4, -0.2) is 44.7 Å². The SMILES string of the molecule is C=CCc1cc(C(=O)N2CCC(CN)C2)cc(OC)c1OC.Cl. The molecule has 0 spiro atoms. The lowest BCUT2D eigenvalue weighted by Crippen LogP contribution is -2.30. The van der Waals surface area contributed by atoms with Gasteiger partial charge in [0.25, 0.3) is 5.91 Å². The Bertz CT molecular complexity index is 563. The summed E-state index contributed by atoms with van der Waals surface area (Å²) in [6.45, 7) is 5.86. The van der Waals surface area contributed by atoms with Gasteiger partial charge in [-0.1, -0.05) is 6.08 Å². The van der Waals surface area contributed by atoms with E-state index in [2.05, 4.69) is 6.58 Å². The van der Waals surface area contributed by atoms with Gasteiger partial charge in [0, 0.05) is 24.2 Å². The fourth-order valence-corrected chi connectivity index (χ4v) is 2.87. The number of nitrogens with two attached hydrogens (primary N) is 1. The summed E-state index contributed by atoms with van der Waals surface area (Å²) in [5, 5.41) is 0. The van der Waals surface area contributed by atoms with Crippen LogP contribution in [0.3, 0.4) is 0 Å². The quantitative estimate of drug-likeness (QED) is 0.807. The smallest absolute Gasteiger partial charge is 0.254 e. The molecule has 1 atom stereocenters. The molecular formula is C17H25ClN2O3. The minimum absolute atomic E-state index is 0. The van der Waals surface area contributed by atoms with Gasteiger partial charge in [-0.25, -0.2) is 0 Å². The van der Waals surface area contributed by atoms with Gasteiger partial charge >= 0.3 is 0 Å². The maximum Gasteiger partial charge on any atom is 0.254 e. The van der Waals surface area contributed by atoms with Crippen LogP contribution < -0.4 is 15.2 Å². The Balaban J connectivity index is 0.00000264. The van der Waals surface area contributed by atoms with Gasteiger partial charge in [-0.2, -0.15) is 0 Å². The van der Waals surface area contributed by atoms with Gasteiger partial charge in [0.15, 0.2) is 11.5 Å². The maximum atomic E-state index is 12.7. The Morgan fingerprint density at radius 1 is 1.43 bits per heavy atom. The van der Waals surface area contributed by atoms with Crippen LogP contribution in [0, 0.1) is 5.92 Å². The van der Waals surface area contributed by atoms with Crippen LogP contribution in [0.2, 0.25) is 0 Å². The number of likely N-dealkylation sites (tertiary alicyclic amines) is 1. The second-order valence-corrected chi connectivity index (χ2v) is 5.51. The Kier molecular flexibility index (Phi) is 7.39. The molecule has 2 rings (SSSR count). The summed E-state index contributed by atoms with van der Waals surface area (Å²) in [5.41, 5.74) is 7.21. The number of rotatable bonds is 6. The number of amides is 1. The first kappa shape index (κ1) is 19.3. The number of carbonyl (C=O) groups excluding carboxylic acids is 1. The third-order valence-corrected chi connectivity index (χ3v) is 4.07. The fourth-order valence-electron chi connectivity index (χ4n) is 2.87. The molecule has 0 bridgehead atoms. The minimum Gasteiger partial charge on any atom is -0.493 e. The summed E-state index contributed by atoms with van der Waals surface area (Å²) in [5.74, 6) is 1.64. The van der Waals surface area contributed by atoms with Gasteiger partial charge in [-0.15, -0.1) is 19.0 Å². The van der Waals surface area contributed by atoms with E-state index in [1.54, 1.807) is 26.4 Å². The van der Waals surface area contributed by atoms with Crippen molar-refractivity contribution < 1.29 is 14.3 Å². The van der Waals surface area contributed by atoms with Gasteiger partial charge in [0.05, 0.1) is 14.2 Å². The van der Waals surface area contributed by atoms with Crippen molar-refractivity contribution in [2.45, 2.75) is 12.8 Å². The van der Waals surface area contributed by atoms with Crippen LogP contribution in [-0.2, 0) is 6.42 Å². The molecule has 1 saturated heterocycles. The summed E-state index contributed by atoms with van der Waals surface area (Å²) in [4.78, 5) is 14.6. The number of methoxy groups -OCH3 is 2. The fraction of sp³-hybridized carbons (Fsp3) is 0.471. The van der Waals surface area contributed by atoms with Crippen LogP contribution in [0.1, 0.15) is 22.3 Å². The number of halogens is 1. The van der Waals surface area contributed by atoms with E-state index < -0.39 is 0 Å². The molecule has 1 heterocycles. The molecule has 0 radical (unpaired) electrons. The molecule has 6 heteroatoms. The van der Waals surface area contributed by atoms with E-state index in [0.29, 0.717) is 35.9 Å². The predicted molar refractivity (Wildman–Crippen MR) is 93.8 cm³/mol. The monoisotopic (exact) mass is 340 g/mol. The molecule has 5 nitrogen and oxygen atoms in total. The number of hydrogen-bond donors (Lipinski definition) is 1. The molecule has 1 aliphatic heterocycles. The van der Waals surface area contributed by atoms with Crippen LogP contribution in [0.25, 0.3) is 0 Å². The number of allylic oxidation sites excluding steroid dienone is 1. The van der Waals surface area contributed by atoms with Crippen molar-refractivity contribution in [2.24, 2.45) is 11.7 Å². The van der Waals surface area contributed by atoms with E-state index in [-0.39, 0.29) is 18.3 Å². The van der Waals surface area contributed by atoms with Crippen molar-refractivity contribution in [2.75, 3.05) is 33.9 Å². The van der Waals surface area contributed by atoms with Crippen molar-refractivity contribution >= 4 is 18.3 Å². The molecule has 1 unspecified atom stereocenters. The number of ether oxygens (including phenoxy) is 2. The van der Waals surface area contributed by atoms with Crippen LogP contribution in [0.4, 0.5) is 0 Å². The molecule has 0 aliphatic carbocycles. The Hall–Kier alpha value is -1.72. The normalized spacial score (nSPS) is 16.7. The molecule has 0 saturated carbocycles. The first-order valence-electron chi connectivity index (χ1n) is 7.49. The lowest BCUT2D eigenvalue weighted by molar-refractivity contribution is 0.0787. The molecular weight excluding hydrogens is 316 g/mol. The van der Waals surface area contributed by atoms with Crippen molar-refractivity contribution in [3.05, 3.63) is 35.9 Å². The summed E-state index contributed by atoms with van der Waals surface area (Å²) in [7, 11) is 3.17. The van der Waals surface area contributed by atoms with E-state index in [1.807, 2.05) is 11.0 Å². The number of carbonyl (C=O) groups is 1. The highest BCUT2D eigenvalue weighted by Gasteiger charge is 2.27. The van der Waals surface area contributed by atoms with Crippen LogP contribution in [0.5, 0.6) is 11.5 Å². The van der Waals surface area contributed by atoms with Crippen molar-refractivity contribution in [1.82, 2.24) is 4.90 Å². The molecule has 23 heavy (non-hydrogen) atoms. The lowest BCUT2D eigenvalue weighted by atomic mass is 10.0. The molecule has 0 aromatic heterocycles. The zero-order valence-electron chi connectivity index (χ0n) is 13.7. The van der Waals surface area contributed by atoms with Gasteiger partial charge < -0.3 is 20.1 Å². The van der Waals surface area contributed by atoms with Crippen molar-refractivity contribution in [3.8, 4) is 11.5 Å². The second-order valence-electron chi connectivity index (χ2n) is 5.51. The first-order chi connectivity index (χ1) is 10.6. The van der Waals surface area contributed by atoms with E-state index >= 15 is 0 Å². The van der Waals surface area contributed by atoms with E-state index in [0.717, 1.165) is 25.1 Å². The van der Waals surface area contributed by atoms with Crippen molar-refractivity contribution in [1.29, 1.82) is 0 Å². The third kappa shape index (κ3) is 4.18. The molecule has 1 aromatic carbocycles. The maximum absolute atomic E-state index is 12.7. The summed E-state index contributed by atoms with van der Waals surface area (Å²) in [6, 6.07) is 3.60. The van der Waals surface area contributed by atoms with Crippen molar-refractivity contribution in [3.63, 3.8) is 0 Å². The second kappa shape index (κ2) is 8.79. The molecule has 1 aromatic rings. The zero-order valence-corrected chi connectivity index (χ0v) is 14.5. The highest BCUT2D eigenvalue weighted by molar-refractivity contribution is 5.95. The van der Waals surface area contributed by atoms with Gasteiger partial charge in [-0.05, 0) is 37.4 Å². The van der Waals surface area contributed by atoms with E-state index in [4.69, 9.17) is 15.2 Å². The highest BCUT2D eigenvalue weighted by Crippen LogP contribution is 2.34. The lowest BCUT2D eigenvalue weighted by Gasteiger charge is -2.19. The summed E-state index contributed by atoms with van der Waals surface area (Å²) >= 11 is 0. The van der Waals surface area contributed by atoms with Gasteiger partial charge in [-0.3, -0.25) is 4.79 Å². The van der Waals surface area contributed by atoms with E-state index in [9.17, 15) is 4.79 Å². The van der Waals surface area contributed by atoms with Gasteiger partial charge in [0.1, 0.15) is 0 Å². The molecule has 1 amide bonds. The predicted octanol–water partition coefficient (Wildman–Crippen LogP) is 2.27. The Labute approximate surface area is 143 Å². The number of hydrogen-bond acceptors (Lipinski definition) is 4. The number of benzene rings is 1. The zero-order chi connectivity index (χ0) is 16.1. The third-order valence-electron chi connectivity index (χ3n) is 4.07. The molecule has 1 aliphatic rings. The largest absolute Gasteiger partial charge is 0.493 e. The standard InChI is InChI=1S/C17H24N2O3.ClH/c1-4-5-13-8-14(9-15(21-2)16(13)22-3)17(20)19-7-6-12(10-18)11-19;/h4,8-9,12H,1,5-7,10-11,18H2,2-3H3;1H. The van der Waals surface area contributed by atoms with Crippen LogP contribution >= 0.6 is 12.4 Å². The van der Waals surface area contributed by atoms with E-state index in [1.165, 1.54) is 0 Å². The minimum atomic E-state index is 0. The summed E-state index contributed by atoms with van der Waals surface area (Å²) in [6.07, 6.45) is 3.37. The molecule has 2 N–H and O–H groups in total. The van der Waals surface area contributed by atoms with Crippen LogP contribution in [0.15, 0.2) is 24.8 Å². The Morgan fingerprint density at radius 3 is 2.70 bits per heavy atom. The molecule has 1 fully saturated rings. The topological polar surface area (TPSA) is 64.8 Å². The highest BCUT2D eigenvalue weighted by atomic mass is 35.5. The average molecular weight is 341 g/mol. The summed E-state index contributed by atoms with van der Waals surface area (Å²) < 4.78 is 10.8. The molecule has 128 valence electrons. The average Bonchev–Trinajstić information content (AvgIpc) is 3.02. The first-order valence-corrected chi connectivity index (χ1v) is 7.49. The van der Waals surface area contributed by atoms with Gasteiger partial charge in [0.2, 0.25) is 0 Å². The number of nitrogens with zero attached hydrogens (tertiary/aromatic N) is 1.